The Bertz CT molecular complexity index is 435. The summed E-state index contributed by atoms with van der Waals surface area (Å²) in [6.07, 6.45) is 5.37. The predicted molar refractivity (Wildman–Crippen MR) is 80.6 cm³/mol. The Balaban J connectivity index is 1.59. The number of hydrogen-bond acceptors (Lipinski definition) is 2. The number of nitrogens with zero attached hydrogens (tertiary/aromatic N) is 1. The smallest absolute Gasteiger partial charge is 0.0409 e. The van der Waals surface area contributed by atoms with Crippen molar-refractivity contribution in [3.63, 3.8) is 0 Å². The average molecular weight is 279 g/mol. The summed E-state index contributed by atoms with van der Waals surface area (Å²) in [6.45, 7) is 4.83. The summed E-state index contributed by atoms with van der Waals surface area (Å²) in [7, 11) is 0. The molecule has 0 spiro atoms. The van der Waals surface area contributed by atoms with E-state index < -0.39 is 0 Å². The first kappa shape index (κ1) is 13.4. The number of halogens is 1. The van der Waals surface area contributed by atoms with E-state index in [2.05, 4.69) is 29.3 Å². The van der Waals surface area contributed by atoms with Crippen LogP contribution in [0.2, 0.25) is 5.02 Å². The van der Waals surface area contributed by atoms with Crippen LogP contribution in [0.15, 0.2) is 24.3 Å². The van der Waals surface area contributed by atoms with Gasteiger partial charge in [0, 0.05) is 23.1 Å². The highest BCUT2D eigenvalue weighted by Gasteiger charge is 2.31. The molecule has 1 aromatic rings. The first-order valence-electron chi connectivity index (χ1n) is 7.48. The first-order chi connectivity index (χ1) is 9.22. The third-order valence-corrected chi connectivity index (χ3v) is 4.89. The Morgan fingerprint density at radius 3 is 3.05 bits per heavy atom. The molecule has 1 N–H and O–H groups in total. The molecule has 0 radical (unpaired) electrons. The van der Waals surface area contributed by atoms with Gasteiger partial charge in [0.15, 0.2) is 0 Å². The van der Waals surface area contributed by atoms with Gasteiger partial charge in [0.1, 0.15) is 0 Å². The van der Waals surface area contributed by atoms with Gasteiger partial charge in [0.05, 0.1) is 0 Å². The van der Waals surface area contributed by atoms with Gasteiger partial charge in [-0.2, -0.15) is 0 Å². The highest BCUT2D eigenvalue weighted by atomic mass is 35.5. The molecule has 0 bridgehead atoms. The second kappa shape index (κ2) is 5.82. The van der Waals surface area contributed by atoms with Crippen molar-refractivity contribution >= 4 is 11.6 Å². The average Bonchev–Trinajstić information content (AvgIpc) is 2.86. The Hall–Kier alpha value is -0.570. The highest BCUT2D eigenvalue weighted by molar-refractivity contribution is 6.30. The van der Waals surface area contributed by atoms with E-state index in [-0.39, 0.29) is 0 Å². The molecule has 2 aliphatic heterocycles. The molecule has 3 rings (SSSR count). The molecule has 2 fully saturated rings. The lowest BCUT2D eigenvalue weighted by Crippen LogP contribution is -2.46. The fourth-order valence-corrected chi connectivity index (χ4v) is 3.80. The maximum Gasteiger partial charge on any atom is 0.0409 e. The Morgan fingerprint density at radius 1 is 1.32 bits per heavy atom. The van der Waals surface area contributed by atoms with Crippen LogP contribution >= 0.6 is 11.6 Å². The van der Waals surface area contributed by atoms with Crippen LogP contribution in [0.5, 0.6) is 0 Å². The largest absolute Gasteiger partial charge is 0.307 e. The zero-order chi connectivity index (χ0) is 13.2. The minimum absolute atomic E-state index is 0.386. The van der Waals surface area contributed by atoms with E-state index >= 15 is 0 Å². The number of rotatable bonds is 3. The van der Waals surface area contributed by atoms with E-state index in [1.54, 1.807) is 0 Å². The van der Waals surface area contributed by atoms with Crippen LogP contribution in [0, 0.1) is 0 Å². The second-order valence-corrected chi connectivity index (χ2v) is 6.43. The number of nitrogens with one attached hydrogen (secondary N) is 1. The molecule has 0 saturated carbocycles. The van der Waals surface area contributed by atoms with Crippen LogP contribution in [-0.4, -0.2) is 30.1 Å². The predicted octanol–water partition coefficient (Wildman–Crippen LogP) is 3.62. The number of piperidine rings is 1. The standard InChI is InChI=1S/C16H23ClN2/c1-12(13-4-2-5-14(17)10-13)18-15-7-9-19-8-3-6-16(19)11-15/h2,4-5,10,12,15-16,18H,3,6-9,11H2,1H3. The minimum Gasteiger partial charge on any atom is -0.307 e. The maximum atomic E-state index is 6.07. The van der Waals surface area contributed by atoms with Gasteiger partial charge < -0.3 is 10.2 Å². The third-order valence-electron chi connectivity index (χ3n) is 4.65. The third kappa shape index (κ3) is 3.13. The van der Waals surface area contributed by atoms with Gasteiger partial charge in [-0.25, -0.2) is 0 Å². The molecule has 3 atom stereocenters. The molecular formula is C16H23ClN2. The van der Waals surface area contributed by atoms with Crippen LogP contribution in [0.4, 0.5) is 0 Å². The van der Waals surface area contributed by atoms with E-state index in [9.17, 15) is 0 Å². The second-order valence-electron chi connectivity index (χ2n) is 6.00. The Morgan fingerprint density at radius 2 is 2.21 bits per heavy atom. The molecule has 0 amide bonds. The van der Waals surface area contributed by atoms with Crippen LogP contribution < -0.4 is 5.32 Å². The van der Waals surface area contributed by atoms with Crippen molar-refractivity contribution < 1.29 is 0 Å². The van der Waals surface area contributed by atoms with Gasteiger partial charge in [-0.05, 0) is 63.4 Å². The maximum absolute atomic E-state index is 6.07. The molecule has 19 heavy (non-hydrogen) atoms. The molecule has 2 nitrogen and oxygen atoms in total. The molecule has 1 aromatic carbocycles. The normalized spacial score (nSPS) is 29.2. The van der Waals surface area contributed by atoms with Crippen molar-refractivity contribution in [1.82, 2.24) is 10.2 Å². The van der Waals surface area contributed by atoms with E-state index in [4.69, 9.17) is 11.6 Å². The summed E-state index contributed by atoms with van der Waals surface area (Å²) in [6, 6.07) is 10.1. The number of fused-ring (bicyclic) bond motifs is 1. The Labute approximate surface area is 121 Å². The zero-order valence-corrected chi connectivity index (χ0v) is 12.4. The molecule has 2 heterocycles. The lowest BCUT2D eigenvalue weighted by Gasteiger charge is -2.36. The van der Waals surface area contributed by atoms with Gasteiger partial charge in [0.25, 0.3) is 0 Å². The lowest BCUT2D eigenvalue weighted by atomic mass is 9.96. The van der Waals surface area contributed by atoms with Crippen molar-refractivity contribution in [3.8, 4) is 0 Å². The highest BCUT2D eigenvalue weighted by Crippen LogP contribution is 2.28. The van der Waals surface area contributed by atoms with Crippen LogP contribution in [0.3, 0.4) is 0 Å². The fraction of sp³-hybridized carbons (Fsp3) is 0.625. The number of benzene rings is 1. The van der Waals surface area contributed by atoms with Gasteiger partial charge >= 0.3 is 0 Å². The van der Waals surface area contributed by atoms with Gasteiger partial charge in [-0.3, -0.25) is 0 Å². The summed E-state index contributed by atoms with van der Waals surface area (Å²) in [4.78, 5) is 2.67. The van der Waals surface area contributed by atoms with Crippen molar-refractivity contribution in [2.75, 3.05) is 13.1 Å². The molecule has 3 heteroatoms. The molecule has 3 unspecified atom stereocenters. The van der Waals surface area contributed by atoms with Crippen molar-refractivity contribution in [2.24, 2.45) is 0 Å². The lowest BCUT2D eigenvalue weighted by molar-refractivity contribution is 0.162. The van der Waals surface area contributed by atoms with E-state index in [1.165, 1.54) is 44.3 Å². The topological polar surface area (TPSA) is 15.3 Å². The van der Waals surface area contributed by atoms with Gasteiger partial charge in [-0.15, -0.1) is 0 Å². The van der Waals surface area contributed by atoms with E-state index in [0.717, 1.165) is 11.1 Å². The summed E-state index contributed by atoms with van der Waals surface area (Å²) in [5.74, 6) is 0. The monoisotopic (exact) mass is 278 g/mol. The number of hydrogen-bond donors (Lipinski definition) is 1. The zero-order valence-electron chi connectivity index (χ0n) is 11.6. The van der Waals surface area contributed by atoms with Crippen molar-refractivity contribution in [2.45, 2.75) is 50.7 Å². The molecular weight excluding hydrogens is 256 g/mol. The molecule has 2 saturated heterocycles. The SMILES string of the molecule is CC(NC1CCN2CCCC2C1)c1cccc(Cl)c1. The van der Waals surface area contributed by atoms with E-state index in [0.29, 0.717) is 12.1 Å². The first-order valence-corrected chi connectivity index (χ1v) is 7.86. The van der Waals surface area contributed by atoms with Gasteiger partial charge in [0.2, 0.25) is 0 Å². The van der Waals surface area contributed by atoms with Crippen molar-refractivity contribution in [3.05, 3.63) is 34.9 Å². The quantitative estimate of drug-likeness (QED) is 0.909. The Kier molecular flexibility index (Phi) is 4.11. The van der Waals surface area contributed by atoms with Crippen LogP contribution in [0.25, 0.3) is 0 Å². The summed E-state index contributed by atoms with van der Waals surface area (Å²) >= 11 is 6.07. The molecule has 2 aliphatic rings. The van der Waals surface area contributed by atoms with Crippen LogP contribution in [0.1, 0.15) is 44.2 Å². The minimum atomic E-state index is 0.386. The molecule has 104 valence electrons. The molecule has 0 aromatic heterocycles. The summed E-state index contributed by atoms with van der Waals surface area (Å²) in [5, 5.41) is 4.62. The van der Waals surface area contributed by atoms with Gasteiger partial charge in [-0.1, -0.05) is 23.7 Å². The summed E-state index contributed by atoms with van der Waals surface area (Å²) in [5.41, 5.74) is 1.29. The molecule has 0 aliphatic carbocycles. The van der Waals surface area contributed by atoms with Crippen molar-refractivity contribution in [1.29, 1.82) is 0 Å². The summed E-state index contributed by atoms with van der Waals surface area (Å²) < 4.78 is 0. The van der Waals surface area contributed by atoms with E-state index in [1.807, 2.05) is 12.1 Å². The van der Waals surface area contributed by atoms with Crippen LogP contribution in [-0.2, 0) is 0 Å². The fourth-order valence-electron chi connectivity index (χ4n) is 3.60.